The van der Waals surface area contributed by atoms with Gasteiger partial charge in [0.25, 0.3) is 0 Å². The Morgan fingerprint density at radius 3 is 2.11 bits per heavy atom. The Kier molecular flexibility index (Phi) is 7.05. The molecule has 0 aromatic carbocycles. The van der Waals surface area contributed by atoms with E-state index >= 15 is 0 Å². The van der Waals surface area contributed by atoms with E-state index in [0.29, 0.717) is 17.9 Å². The first-order valence-electron chi connectivity index (χ1n) is 7.47. The molecule has 1 aromatic heterocycles. The lowest BCUT2D eigenvalue weighted by Gasteiger charge is -2.37. The maximum absolute atomic E-state index is 6.42. The van der Waals surface area contributed by atoms with Crippen molar-refractivity contribution in [3.8, 4) is 0 Å². The molecule has 2 unspecified atom stereocenters. The summed E-state index contributed by atoms with van der Waals surface area (Å²) in [5.74, 6) is 1.34. The van der Waals surface area contributed by atoms with Crippen LogP contribution in [-0.2, 0) is 0 Å². The summed E-state index contributed by atoms with van der Waals surface area (Å²) in [5.41, 5.74) is 7.81. The molecule has 0 aliphatic heterocycles. The highest BCUT2D eigenvalue weighted by molar-refractivity contribution is 7.07. The zero-order valence-electron chi connectivity index (χ0n) is 13.1. The first-order valence-corrected chi connectivity index (χ1v) is 8.41. The highest BCUT2D eigenvalue weighted by atomic mass is 32.1. The van der Waals surface area contributed by atoms with Crippen LogP contribution in [0, 0.1) is 11.8 Å². The van der Waals surface area contributed by atoms with Crippen LogP contribution in [-0.4, -0.2) is 24.0 Å². The molecule has 110 valence electrons. The predicted molar refractivity (Wildman–Crippen MR) is 86.6 cm³/mol. The summed E-state index contributed by atoms with van der Waals surface area (Å²) < 4.78 is 0. The van der Waals surface area contributed by atoms with Gasteiger partial charge >= 0.3 is 0 Å². The van der Waals surface area contributed by atoms with Crippen molar-refractivity contribution < 1.29 is 0 Å². The van der Waals surface area contributed by atoms with Crippen LogP contribution in [0.5, 0.6) is 0 Å². The van der Waals surface area contributed by atoms with Crippen LogP contribution in [0.3, 0.4) is 0 Å². The molecule has 2 atom stereocenters. The van der Waals surface area contributed by atoms with E-state index in [4.69, 9.17) is 5.73 Å². The van der Waals surface area contributed by atoms with E-state index in [9.17, 15) is 0 Å². The third kappa shape index (κ3) is 5.25. The normalized spacial score (nSPS) is 15.4. The molecule has 0 aliphatic carbocycles. The third-order valence-corrected chi connectivity index (χ3v) is 4.06. The molecule has 2 nitrogen and oxygen atoms in total. The van der Waals surface area contributed by atoms with Crippen molar-refractivity contribution in [2.24, 2.45) is 17.6 Å². The Labute approximate surface area is 123 Å². The monoisotopic (exact) mass is 282 g/mol. The molecule has 1 rings (SSSR count). The number of thiophene rings is 1. The minimum absolute atomic E-state index is 0.215. The molecule has 0 bridgehead atoms. The minimum Gasteiger partial charge on any atom is -0.326 e. The summed E-state index contributed by atoms with van der Waals surface area (Å²) in [7, 11) is 0. The van der Waals surface area contributed by atoms with Gasteiger partial charge in [0.15, 0.2) is 0 Å². The molecule has 2 N–H and O–H groups in total. The van der Waals surface area contributed by atoms with Crippen molar-refractivity contribution in [3.63, 3.8) is 0 Å². The molecule has 0 spiro atoms. The predicted octanol–water partition coefficient (Wildman–Crippen LogP) is 4.14. The lowest BCUT2D eigenvalue weighted by Crippen LogP contribution is -2.43. The van der Waals surface area contributed by atoms with Crippen molar-refractivity contribution in [2.75, 3.05) is 13.1 Å². The van der Waals surface area contributed by atoms with Gasteiger partial charge in [0.1, 0.15) is 0 Å². The zero-order valence-corrected chi connectivity index (χ0v) is 13.9. The van der Waals surface area contributed by atoms with Gasteiger partial charge in [-0.2, -0.15) is 11.3 Å². The third-order valence-electron chi connectivity index (χ3n) is 3.35. The van der Waals surface area contributed by atoms with E-state index in [-0.39, 0.29) is 6.04 Å². The van der Waals surface area contributed by atoms with Gasteiger partial charge in [-0.1, -0.05) is 34.6 Å². The number of nitrogens with two attached hydrogens (primary N) is 1. The molecule has 1 heterocycles. The van der Waals surface area contributed by atoms with Crippen LogP contribution in [0.15, 0.2) is 16.8 Å². The van der Waals surface area contributed by atoms with Gasteiger partial charge in [-0.3, -0.25) is 4.90 Å². The van der Waals surface area contributed by atoms with Gasteiger partial charge in [-0.25, -0.2) is 0 Å². The fourth-order valence-electron chi connectivity index (χ4n) is 2.64. The Morgan fingerprint density at radius 2 is 1.74 bits per heavy atom. The van der Waals surface area contributed by atoms with Gasteiger partial charge in [-0.05, 0) is 40.6 Å². The number of rotatable bonds is 8. The highest BCUT2D eigenvalue weighted by Crippen LogP contribution is 2.28. The summed E-state index contributed by atoms with van der Waals surface area (Å²) in [5, 5.41) is 4.42. The second-order valence-corrected chi connectivity index (χ2v) is 7.10. The molecule has 0 radical (unpaired) electrons. The van der Waals surface area contributed by atoms with Crippen LogP contribution < -0.4 is 5.73 Å². The van der Waals surface area contributed by atoms with Crippen molar-refractivity contribution in [1.29, 1.82) is 0 Å². The van der Waals surface area contributed by atoms with Crippen LogP contribution in [0.25, 0.3) is 0 Å². The average Bonchev–Trinajstić information content (AvgIpc) is 2.80. The Hall–Kier alpha value is -0.380. The molecule has 0 amide bonds. The van der Waals surface area contributed by atoms with E-state index in [1.807, 2.05) is 0 Å². The van der Waals surface area contributed by atoms with E-state index in [2.05, 4.69) is 56.3 Å². The van der Waals surface area contributed by atoms with E-state index < -0.39 is 0 Å². The summed E-state index contributed by atoms with van der Waals surface area (Å²) in [4.78, 5) is 2.59. The van der Waals surface area contributed by atoms with Crippen molar-refractivity contribution in [2.45, 2.75) is 53.1 Å². The van der Waals surface area contributed by atoms with Crippen molar-refractivity contribution in [1.82, 2.24) is 4.90 Å². The topological polar surface area (TPSA) is 29.3 Å². The van der Waals surface area contributed by atoms with Crippen LogP contribution in [0.1, 0.15) is 52.6 Å². The van der Waals surface area contributed by atoms with E-state index in [0.717, 1.165) is 19.5 Å². The highest BCUT2D eigenvalue weighted by Gasteiger charge is 2.26. The minimum atomic E-state index is 0.215. The second-order valence-electron chi connectivity index (χ2n) is 6.32. The van der Waals surface area contributed by atoms with E-state index in [1.54, 1.807) is 11.3 Å². The van der Waals surface area contributed by atoms with Crippen LogP contribution >= 0.6 is 11.3 Å². The number of nitrogens with zero attached hydrogens (tertiary/aromatic N) is 1. The molecular weight excluding hydrogens is 252 g/mol. The van der Waals surface area contributed by atoms with Crippen LogP contribution in [0.4, 0.5) is 0 Å². The second kappa shape index (κ2) is 8.03. The van der Waals surface area contributed by atoms with Gasteiger partial charge in [0.2, 0.25) is 0 Å². The molecular formula is C16H30N2S. The Bertz CT molecular complexity index is 323. The summed E-state index contributed by atoms with van der Waals surface area (Å²) in [6.07, 6.45) is 1.02. The van der Waals surface area contributed by atoms with Crippen molar-refractivity contribution in [3.05, 3.63) is 22.4 Å². The summed E-state index contributed by atoms with van der Waals surface area (Å²) in [6.45, 7) is 13.6. The largest absolute Gasteiger partial charge is 0.326 e. The van der Waals surface area contributed by atoms with Gasteiger partial charge in [-0.15, -0.1) is 0 Å². The quantitative estimate of drug-likeness (QED) is 0.776. The standard InChI is InChI=1S/C16H30N2S/c1-6-15(17)16(14-7-8-19-11-14)18(9-12(2)3)10-13(4)5/h7-8,11-13,15-16H,6,9-10,17H2,1-5H3. The maximum atomic E-state index is 6.42. The Morgan fingerprint density at radius 1 is 1.16 bits per heavy atom. The first kappa shape index (κ1) is 16.7. The molecule has 0 saturated carbocycles. The lowest BCUT2D eigenvalue weighted by molar-refractivity contribution is 0.134. The van der Waals surface area contributed by atoms with Gasteiger partial charge < -0.3 is 5.73 Å². The fraction of sp³-hybridized carbons (Fsp3) is 0.750. The lowest BCUT2D eigenvalue weighted by atomic mass is 9.96. The Balaban J connectivity index is 2.95. The number of hydrogen-bond acceptors (Lipinski definition) is 3. The molecule has 1 aromatic rings. The molecule has 0 fully saturated rings. The maximum Gasteiger partial charge on any atom is 0.0507 e. The molecule has 19 heavy (non-hydrogen) atoms. The summed E-state index contributed by atoms with van der Waals surface area (Å²) >= 11 is 1.77. The SMILES string of the molecule is CCC(N)C(c1ccsc1)N(CC(C)C)CC(C)C. The van der Waals surface area contributed by atoms with Gasteiger partial charge in [0, 0.05) is 19.1 Å². The molecule has 3 heteroatoms. The zero-order chi connectivity index (χ0) is 14.4. The summed E-state index contributed by atoms with van der Waals surface area (Å²) in [6, 6.07) is 2.81. The molecule has 0 saturated heterocycles. The number of hydrogen-bond donors (Lipinski definition) is 1. The van der Waals surface area contributed by atoms with Crippen LogP contribution in [0.2, 0.25) is 0 Å². The fourth-order valence-corrected chi connectivity index (χ4v) is 3.32. The smallest absolute Gasteiger partial charge is 0.0507 e. The van der Waals surface area contributed by atoms with Crippen molar-refractivity contribution >= 4 is 11.3 Å². The van der Waals surface area contributed by atoms with Gasteiger partial charge in [0.05, 0.1) is 6.04 Å². The average molecular weight is 282 g/mol. The van der Waals surface area contributed by atoms with E-state index in [1.165, 1.54) is 5.56 Å². The first-order chi connectivity index (χ1) is 8.95. The molecule has 0 aliphatic rings.